The predicted octanol–water partition coefficient (Wildman–Crippen LogP) is 23.6. The fourth-order valence-corrected chi connectivity index (χ4v) is 17.4. The molecule has 0 unspecified atom stereocenters. The minimum absolute atomic E-state index is 0.00609. The number of amides is 11. The van der Waals surface area contributed by atoms with Crippen LogP contribution in [-0.2, 0) is 9.63 Å². The molecule has 0 bridgehead atoms. The Kier molecular flexibility index (Phi) is 38.1. The van der Waals surface area contributed by atoms with Crippen molar-refractivity contribution >= 4 is 216 Å². The maximum absolute atomic E-state index is 12.8. The number of carbonyl (C=O) groups excluding carboxylic acids is 11. The van der Waals surface area contributed by atoms with Crippen molar-refractivity contribution in [2.24, 2.45) is 4.99 Å². The number of aromatic nitrogens is 5. The molecule has 748 valence electrons. The molecule has 0 atom stereocenters. The van der Waals surface area contributed by atoms with E-state index in [9.17, 15) is 52.7 Å². The lowest BCUT2D eigenvalue weighted by Gasteiger charge is -2.26. The molecule has 18 rings (SSSR count). The van der Waals surface area contributed by atoms with Crippen molar-refractivity contribution in [1.82, 2.24) is 55.9 Å². The number of benzene rings is 10. The van der Waals surface area contributed by atoms with E-state index in [4.69, 9.17) is 121 Å². The maximum Gasteiger partial charge on any atom is 0.274 e. The summed E-state index contributed by atoms with van der Waals surface area (Å²) in [7, 11) is 1.33. The van der Waals surface area contributed by atoms with Crippen LogP contribution in [0.5, 0.6) is 0 Å². The number of carbonyl (C=O) groups is 11. The van der Waals surface area contributed by atoms with E-state index in [1.165, 1.54) is 78.2 Å². The van der Waals surface area contributed by atoms with Gasteiger partial charge in [0, 0.05) is 154 Å². The molecule has 0 saturated carbocycles. The molecule has 15 aromatic rings. The van der Waals surface area contributed by atoms with E-state index in [0.717, 1.165) is 38.9 Å². The van der Waals surface area contributed by atoms with Crippen molar-refractivity contribution in [3.8, 4) is 56.3 Å². The van der Waals surface area contributed by atoms with E-state index in [1.807, 2.05) is 78.9 Å². The monoisotopic (exact) mass is 2180 g/mol. The first-order chi connectivity index (χ1) is 71.4. The van der Waals surface area contributed by atoms with Crippen molar-refractivity contribution in [1.29, 1.82) is 0 Å². The average molecular weight is 2180 g/mol. The van der Waals surface area contributed by atoms with Crippen LogP contribution in [0.1, 0.15) is 123 Å². The van der Waals surface area contributed by atoms with Gasteiger partial charge in [-0.25, -0.2) is 11.0 Å². The molecule has 30 nitrogen and oxygen atoms in total. The number of nitrogens with zero attached hydrogens (tertiary/aromatic N) is 9. The standard InChI is InChI=1S/C23H18Cl2N4O3.C23H18Cl2N4O2.C23H19Cl2N3O2.C20H15Cl2N3O3.C19H13Cl2N3O3/c24-18-7-5-15(12-17(18)20-3-1-2-8-26-20)28-22(31)16-6-4-14(11-19(16)25)23(32)29-10-9-27-21(30)13-29;24-19-8-6-16(13-18(19)21-4-1-2-10-27-21)28-22(30)17-7-5-15(12-20(17)25)23(31)29-11-3-9-26-14-29;24-19-9-7-16(14-18(19)21-5-1-2-10-26-21)27-22(29)17-8-6-15(13-20(17)25)23(30)28-11-3-4-12-28;1-28-25-19(26)12-5-7-14(17(22)10-12)20(27)24-13-6-8-16(21)15(11-13)18-4-2-3-9-23-18;20-15-7-5-12(10-14(15)17-3-1-2-8-22-17)23-19(26)13-6-4-11(9-16(13)21)18(25)24-27/h1-8,11-12H,9-10,13H2,(H,27,30)(H,28,31);1-2,4-8,10,12-14H,3,9,11H2,(H,28,30);1-2,5-10,13-14H,3-4,11-12H2,(H,27,29);2-11H,1H3,(H,24,27)(H,25,26);1-10,27H,(H,23,26)(H,24,25). The minimum atomic E-state index is -0.721. The molecule has 3 aliphatic rings. The number of rotatable bonds is 21. The number of pyridine rings is 5. The van der Waals surface area contributed by atoms with Crippen molar-refractivity contribution < 1.29 is 62.8 Å². The molecule has 8 heterocycles. The average Bonchev–Trinajstić information content (AvgIpc) is 1.11. The van der Waals surface area contributed by atoms with Crippen LogP contribution >= 0.6 is 116 Å². The third-order valence-electron chi connectivity index (χ3n) is 22.3. The fraction of sp³-hybridized carbons (Fsp3) is 0.102. The molecular weight excluding hydrogens is 2100 g/mol. The minimum Gasteiger partial charge on any atom is -0.353 e. The van der Waals surface area contributed by atoms with Gasteiger partial charge >= 0.3 is 0 Å². The second-order valence-electron chi connectivity index (χ2n) is 32.3. The second-order valence-corrected chi connectivity index (χ2v) is 36.4. The molecule has 0 radical (unpaired) electrons. The summed E-state index contributed by atoms with van der Waals surface area (Å²) in [6, 6.07) is 75.3. The molecule has 2 fully saturated rings. The van der Waals surface area contributed by atoms with E-state index < -0.39 is 35.4 Å². The van der Waals surface area contributed by atoms with Crippen LogP contribution in [0.2, 0.25) is 50.2 Å². The molecular formula is C108H83Cl10N17O13. The Morgan fingerprint density at radius 3 is 0.872 bits per heavy atom. The van der Waals surface area contributed by atoms with Gasteiger partial charge < -0.3 is 41.7 Å². The van der Waals surface area contributed by atoms with Gasteiger partial charge in [-0.1, -0.05) is 146 Å². The van der Waals surface area contributed by atoms with E-state index in [2.05, 4.69) is 72.1 Å². The number of nitrogens with one attached hydrogen (secondary N) is 8. The van der Waals surface area contributed by atoms with Crippen molar-refractivity contribution in [2.75, 3.05) is 79.5 Å². The number of halogens is 10. The quantitative estimate of drug-likeness (QED) is 0.0238. The van der Waals surface area contributed by atoms with Gasteiger partial charge in [-0.2, -0.15) is 0 Å². The largest absolute Gasteiger partial charge is 0.353 e. The summed E-state index contributed by atoms with van der Waals surface area (Å²) in [6.45, 7) is 3.66. The van der Waals surface area contributed by atoms with Crippen molar-refractivity contribution in [3.63, 3.8) is 0 Å². The van der Waals surface area contributed by atoms with Crippen LogP contribution in [0.3, 0.4) is 0 Å². The first-order valence-electron chi connectivity index (χ1n) is 45.0. The predicted molar refractivity (Wildman–Crippen MR) is 577 cm³/mol. The highest BCUT2D eigenvalue weighted by atomic mass is 35.5. The molecule has 3 aliphatic heterocycles. The first kappa shape index (κ1) is 108. The lowest BCUT2D eigenvalue weighted by molar-refractivity contribution is -0.123. The molecule has 10 aromatic carbocycles. The van der Waals surface area contributed by atoms with E-state index in [1.54, 1.807) is 181 Å². The van der Waals surface area contributed by atoms with Gasteiger partial charge in [0.1, 0.15) is 0 Å². The van der Waals surface area contributed by atoms with Crippen LogP contribution in [0.15, 0.2) is 309 Å². The third-order valence-corrected chi connectivity index (χ3v) is 25.6. The van der Waals surface area contributed by atoms with Crippen LogP contribution in [0.4, 0.5) is 28.4 Å². The molecule has 2 saturated heterocycles. The topological polar surface area (TPSA) is 400 Å². The third kappa shape index (κ3) is 28.7. The second kappa shape index (κ2) is 52.1. The highest BCUT2D eigenvalue weighted by molar-refractivity contribution is 6.39. The number of anilines is 5. The lowest BCUT2D eigenvalue weighted by Crippen LogP contribution is -2.49. The number of likely N-dealkylation sites (tertiary alicyclic amines) is 1. The number of hydrogen-bond acceptors (Lipinski definition) is 19. The molecule has 11 amide bonds. The Morgan fingerprint density at radius 2 is 0.601 bits per heavy atom. The first-order valence-corrected chi connectivity index (χ1v) is 48.8. The zero-order valence-corrected chi connectivity index (χ0v) is 85.2. The molecule has 0 spiro atoms. The molecule has 0 aliphatic carbocycles. The zero-order chi connectivity index (χ0) is 105. The van der Waals surface area contributed by atoms with Crippen molar-refractivity contribution in [2.45, 2.75) is 19.3 Å². The van der Waals surface area contributed by atoms with Gasteiger partial charge in [0.05, 0.1) is 127 Å². The van der Waals surface area contributed by atoms with Gasteiger partial charge in [0.25, 0.3) is 59.1 Å². The van der Waals surface area contributed by atoms with Crippen LogP contribution in [0.25, 0.3) is 56.3 Å². The highest BCUT2D eigenvalue weighted by Gasteiger charge is 2.28. The van der Waals surface area contributed by atoms with E-state index >= 15 is 0 Å². The summed E-state index contributed by atoms with van der Waals surface area (Å²) in [6.07, 6.45) is 12.7. The van der Waals surface area contributed by atoms with Crippen LogP contribution in [-0.4, -0.2) is 169 Å². The van der Waals surface area contributed by atoms with Crippen molar-refractivity contribution in [3.05, 3.63) is 410 Å². The summed E-state index contributed by atoms with van der Waals surface area (Å²) in [5, 5.41) is 28.7. The van der Waals surface area contributed by atoms with Gasteiger partial charge in [0.2, 0.25) is 5.91 Å². The zero-order valence-electron chi connectivity index (χ0n) is 77.7. The SMILES string of the molecule is CONC(=O)c1ccc(C(=O)Nc2ccc(Cl)c(-c3ccccn3)c2)c(Cl)c1.O=C(NO)c1ccc(C(=O)Nc2ccc(Cl)c(-c3ccccn3)c2)c(Cl)c1.O=C(Nc1ccc(Cl)c(-c2ccccn2)c1)c1ccc(C(=O)N2C=NCCC2)cc1Cl.O=C(Nc1ccc(Cl)c(-c2ccccn2)c1)c1ccc(C(=O)N2CCCC2)cc1Cl.O=C1CN(C(=O)c2ccc(C(=O)Nc3ccc(Cl)c(-c4ccccn4)c3)c(Cl)c2)CCN1. The Bertz CT molecular complexity index is 7540. The fourth-order valence-electron chi connectivity index (χ4n) is 15.0. The number of aliphatic imine (C=N–C) groups is 1. The number of hydrogen-bond donors (Lipinski definition) is 9. The Labute approximate surface area is 897 Å². The summed E-state index contributed by atoms with van der Waals surface area (Å²) >= 11 is 62.6. The summed E-state index contributed by atoms with van der Waals surface area (Å²) in [4.78, 5) is 171. The summed E-state index contributed by atoms with van der Waals surface area (Å²) < 4.78 is 0. The molecule has 5 aromatic heterocycles. The smallest absolute Gasteiger partial charge is 0.274 e. The van der Waals surface area contributed by atoms with Gasteiger partial charge in [-0.15, -0.1) is 0 Å². The Balaban J connectivity index is 0.000000146. The highest BCUT2D eigenvalue weighted by Crippen LogP contribution is 2.38. The molecule has 40 heteroatoms. The van der Waals surface area contributed by atoms with Crippen LogP contribution < -0.4 is 42.9 Å². The summed E-state index contributed by atoms with van der Waals surface area (Å²) in [5.74, 6) is -4.02. The number of piperazine rings is 1. The lowest BCUT2D eigenvalue weighted by atomic mass is 10.1. The molecule has 9 N–H and O–H groups in total. The van der Waals surface area contributed by atoms with Gasteiger partial charge in [-0.05, 0) is 262 Å². The van der Waals surface area contributed by atoms with Gasteiger partial charge in [-0.3, -0.25) is 97.6 Å². The van der Waals surface area contributed by atoms with E-state index in [0.29, 0.717) is 152 Å². The summed E-state index contributed by atoms with van der Waals surface area (Å²) in [5.41, 5.74) is 16.1. The van der Waals surface area contributed by atoms with Gasteiger partial charge in [0.15, 0.2) is 0 Å². The maximum atomic E-state index is 12.8. The molecule has 148 heavy (non-hydrogen) atoms. The normalized spacial score (nSPS) is 12.2. The Morgan fingerprint density at radius 1 is 0.311 bits per heavy atom. The Hall–Kier alpha value is -15.4. The van der Waals surface area contributed by atoms with Crippen LogP contribution in [0, 0.1) is 0 Å². The van der Waals surface area contributed by atoms with E-state index in [-0.39, 0.29) is 94.6 Å². The number of hydroxylamine groups is 2.